The van der Waals surface area contributed by atoms with Crippen LogP contribution in [-0.2, 0) is 0 Å². The van der Waals surface area contributed by atoms with Gasteiger partial charge in [-0.05, 0) is 44.9 Å². The number of hydrogen-bond donors (Lipinski definition) is 2. The lowest BCUT2D eigenvalue weighted by Crippen LogP contribution is -2.52. The minimum atomic E-state index is -0.482. The van der Waals surface area contributed by atoms with Crippen molar-refractivity contribution in [2.45, 2.75) is 50.2 Å². The second-order valence-electron chi connectivity index (χ2n) is 6.75. The summed E-state index contributed by atoms with van der Waals surface area (Å²) in [7, 11) is 2.24. The number of rotatable bonds is 3. The lowest BCUT2D eigenvalue weighted by molar-refractivity contribution is 0.0604. The van der Waals surface area contributed by atoms with Crippen molar-refractivity contribution in [2.75, 3.05) is 12.4 Å². The molecular formula is C17H22N4O2. The largest absolute Gasteiger partial charge is 0.424 e. The van der Waals surface area contributed by atoms with E-state index in [1.165, 1.54) is 19.3 Å². The number of oxazole rings is 1. The number of amides is 1. The lowest BCUT2D eigenvalue weighted by atomic mass is 9.82. The minimum Gasteiger partial charge on any atom is -0.424 e. The van der Waals surface area contributed by atoms with E-state index in [0.717, 1.165) is 12.8 Å². The summed E-state index contributed by atoms with van der Waals surface area (Å²) in [5.74, 6) is -0.482. The van der Waals surface area contributed by atoms with Crippen molar-refractivity contribution in [1.82, 2.24) is 9.88 Å². The summed E-state index contributed by atoms with van der Waals surface area (Å²) in [5.41, 5.74) is 6.94. The number of nitrogens with zero attached hydrogens (tertiary/aromatic N) is 2. The Morgan fingerprint density at radius 1 is 1.35 bits per heavy atom. The molecular weight excluding hydrogens is 292 g/mol. The molecule has 122 valence electrons. The second-order valence-corrected chi connectivity index (χ2v) is 6.75. The van der Waals surface area contributed by atoms with Crippen molar-refractivity contribution in [3.05, 3.63) is 23.8 Å². The van der Waals surface area contributed by atoms with Gasteiger partial charge < -0.3 is 20.4 Å². The molecule has 4 rings (SSSR count). The summed E-state index contributed by atoms with van der Waals surface area (Å²) in [6.07, 6.45) is 6.08. The van der Waals surface area contributed by atoms with Gasteiger partial charge in [0.25, 0.3) is 11.9 Å². The molecule has 2 aliphatic heterocycles. The van der Waals surface area contributed by atoms with Crippen LogP contribution in [0.5, 0.6) is 0 Å². The van der Waals surface area contributed by atoms with E-state index in [-0.39, 0.29) is 0 Å². The molecule has 0 spiro atoms. The summed E-state index contributed by atoms with van der Waals surface area (Å²) in [4.78, 5) is 18.5. The van der Waals surface area contributed by atoms with Crippen molar-refractivity contribution >= 4 is 23.0 Å². The Hall–Kier alpha value is -2.08. The van der Waals surface area contributed by atoms with Crippen molar-refractivity contribution in [2.24, 2.45) is 5.73 Å². The summed E-state index contributed by atoms with van der Waals surface area (Å²) in [6, 6.07) is 7.39. The molecule has 0 aliphatic carbocycles. The Balaban J connectivity index is 1.56. The van der Waals surface area contributed by atoms with E-state index >= 15 is 0 Å². The average Bonchev–Trinajstić information content (AvgIpc) is 2.90. The Morgan fingerprint density at radius 2 is 2.09 bits per heavy atom. The van der Waals surface area contributed by atoms with Crippen molar-refractivity contribution < 1.29 is 9.21 Å². The van der Waals surface area contributed by atoms with Crippen LogP contribution in [0.3, 0.4) is 0 Å². The van der Waals surface area contributed by atoms with Gasteiger partial charge in [-0.25, -0.2) is 0 Å². The number of primary amides is 1. The van der Waals surface area contributed by atoms with Crippen LogP contribution in [0.2, 0.25) is 0 Å². The van der Waals surface area contributed by atoms with Crippen LogP contribution in [0.15, 0.2) is 22.6 Å². The van der Waals surface area contributed by atoms with Gasteiger partial charge >= 0.3 is 0 Å². The number of nitrogens with one attached hydrogen (secondary N) is 1. The fourth-order valence-corrected chi connectivity index (χ4v) is 4.12. The van der Waals surface area contributed by atoms with Gasteiger partial charge in [0.1, 0.15) is 5.52 Å². The molecule has 2 fully saturated rings. The number of aromatic nitrogens is 1. The van der Waals surface area contributed by atoms with Gasteiger partial charge in [-0.15, -0.1) is 0 Å². The monoisotopic (exact) mass is 314 g/mol. The Kier molecular flexibility index (Phi) is 3.49. The third-order valence-corrected chi connectivity index (χ3v) is 5.35. The van der Waals surface area contributed by atoms with Crippen LogP contribution in [0, 0.1) is 0 Å². The van der Waals surface area contributed by atoms with Gasteiger partial charge in [-0.3, -0.25) is 4.79 Å². The van der Waals surface area contributed by atoms with Gasteiger partial charge in [0, 0.05) is 18.1 Å². The third-order valence-electron chi connectivity index (χ3n) is 5.35. The molecule has 0 saturated carbocycles. The van der Waals surface area contributed by atoms with Gasteiger partial charge in [0.2, 0.25) is 0 Å². The molecule has 2 bridgehead atoms. The van der Waals surface area contributed by atoms with Crippen molar-refractivity contribution in [3.8, 4) is 0 Å². The van der Waals surface area contributed by atoms with Crippen LogP contribution < -0.4 is 11.1 Å². The fourth-order valence-electron chi connectivity index (χ4n) is 4.12. The van der Waals surface area contributed by atoms with Gasteiger partial charge in [0.05, 0.1) is 5.56 Å². The lowest BCUT2D eigenvalue weighted by Gasteiger charge is -2.47. The molecule has 2 atom stereocenters. The molecule has 1 amide bonds. The maximum absolute atomic E-state index is 11.5. The normalized spacial score (nSPS) is 28.0. The fraction of sp³-hybridized carbons (Fsp3) is 0.529. The predicted octanol–water partition coefficient (Wildman–Crippen LogP) is 2.35. The Morgan fingerprint density at radius 3 is 2.78 bits per heavy atom. The van der Waals surface area contributed by atoms with Crippen molar-refractivity contribution in [3.63, 3.8) is 0 Å². The molecule has 6 nitrogen and oxygen atoms in total. The highest BCUT2D eigenvalue weighted by Gasteiger charge is 2.36. The smallest absolute Gasteiger partial charge is 0.295 e. The first kappa shape index (κ1) is 14.5. The number of carbonyl (C=O) groups is 1. The van der Waals surface area contributed by atoms with E-state index in [0.29, 0.717) is 40.8 Å². The summed E-state index contributed by atoms with van der Waals surface area (Å²) >= 11 is 0. The maximum Gasteiger partial charge on any atom is 0.295 e. The highest BCUT2D eigenvalue weighted by molar-refractivity contribution is 6.03. The third kappa shape index (κ3) is 2.57. The maximum atomic E-state index is 11.5. The number of piperidine rings is 2. The minimum absolute atomic E-state index is 0.367. The van der Waals surface area contributed by atoms with Gasteiger partial charge in [-0.2, -0.15) is 4.98 Å². The van der Waals surface area contributed by atoms with Gasteiger partial charge in [-0.1, -0.05) is 12.5 Å². The molecule has 1 aromatic heterocycles. The number of hydrogen-bond acceptors (Lipinski definition) is 5. The summed E-state index contributed by atoms with van der Waals surface area (Å²) < 4.78 is 5.77. The number of carbonyl (C=O) groups excluding carboxylic acids is 1. The zero-order chi connectivity index (χ0) is 16.0. The van der Waals surface area contributed by atoms with Crippen LogP contribution in [-0.4, -0.2) is 41.0 Å². The van der Waals surface area contributed by atoms with Crippen molar-refractivity contribution in [1.29, 1.82) is 0 Å². The average molecular weight is 314 g/mol. The standard InChI is InChI=1S/C17H22N4O2/c1-21-11-4-2-5-12(21)9-10(8-11)19-17-20-15-13(16(18)22)6-3-7-14(15)23-17/h3,6-7,10-12H,2,4-5,8-9H2,1H3,(H2,18,22)(H,19,20). The molecule has 2 aromatic rings. The topological polar surface area (TPSA) is 84.4 Å². The number of nitrogens with two attached hydrogens (primary N) is 1. The van der Waals surface area contributed by atoms with E-state index in [1.54, 1.807) is 12.1 Å². The molecule has 23 heavy (non-hydrogen) atoms. The first-order valence-corrected chi connectivity index (χ1v) is 8.29. The van der Waals surface area contributed by atoms with E-state index < -0.39 is 5.91 Å². The Bertz CT molecular complexity index is 727. The van der Waals surface area contributed by atoms with Gasteiger partial charge in [0.15, 0.2) is 5.58 Å². The summed E-state index contributed by atoms with van der Waals surface area (Å²) in [6.45, 7) is 0. The van der Waals surface area contributed by atoms with E-state index in [1.807, 2.05) is 6.07 Å². The van der Waals surface area contributed by atoms with Crippen LogP contribution in [0.25, 0.3) is 11.1 Å². The second kappa shape index (κ2) is 5.53. The van der Waals surface area contributed by atoms with Crippen LogP contribution in [0.1, 0.15) is 42.5 Å². The molecule has 3 N–H and O–H groups in total. The molecule has 2 unspecified atom stereocenters. The highest BCUT2D eigenvalue weighted by atomic mass is 16.4. The van der Waals surface area contributed by atoms with E-state index in [2.05, 4.69) is 22.2 Å². The SMILES string of the molecule is CN1C2CCCC1CC(Nc1nc3c(C(N)=O)cccc3o1)C2. The molecule has 2 saturated heterocycles. The zero-order valence-corrected chi connectivity index (χ0v) is 13.3. The molecule has 3 heterocycles. The molecule has 6 heteroatoms. The molecule has 0 radical (unpaired) electrons. The zero-order valence-electron chi connectivity index (χ0n) is 13.3. The number of fused-ring (bicyclic) bond motifs is 3. The first-order chi connectivity index (χ1) is 11.1. The van der Waals surface area contributed by atoms with Crippen LogP contribution >= 0.6 is 0 Å². The van der Waals surface area contributed by atoms with E-state index in [9.17, 15) is 4.79 Å². The highest BCUT2D eigenvalue weighted by Crippen LogP contribution is 2.34. The predicted molar refractivity (Wildman–Crippen MR) is 88.4 cm³/mol. The number of anilines is 1. The summed E-state index contributed by atoms with van der Waals surface area (Å²) in [5, 5.41) is 3.43. The van der Waals surface area contributed by atoms with E-state index in [4.69, 9.17) is 10.2 Å². The molecule has 1 aromatic carbocycles. The van der Waals surface area contributed by atoms with Crippen LogP contribution in [0.4, 0.5) is 6.01 Å². The Labute approximate surface area is 135 Å². The number of benzene rings is 1. The number of para-hydroxylation sites is 1. The quantitative estimate of drug-likeness (QED) is 0.908. The molecule has 2 aliphatic rings. The first-order valence-electron chi connectivity index (χ1n) is 8.29.